The van der Waals surface area contributed by atoms with Crippen LogP contribution in [0.1, 0.15) is 11.3 Å². The van der Waals surface area contributed by atoms with E-state index in [0.717, 1.165) is 33.4 Å². The fourth-order valence-corrected chi connectivity index (χ4v) is 3.01. The van der Waals surface area contributed by atoms with Crippen molar-refractivity contribution in [2.45, 2.75) is 0 Å². The lowest BCUT2D eigenvalue weighted by Crippen LogP contribution is -1.93. The standard InChI is InChI=1S/C24H19O2/c1-25-23(16-18-10-4-2-5-11-18)24-21(19-12-6-3-7-13-19)17-20-14-8-9-15-22(20)26-24/h2-17H,1H3/q+1. The first-order chi connectivity index (χ1) is 12.8. The van der Waals surface area contributed by atoms with Gasteiger partial charge in [-0.25, -0.2) is 4.42 Å². The van der Waals surface area contributed by atoms with Crippen LogP contribution in [-0.4, -0.2) is 7.11 Å². The largest absolute Gasteiger partial charge is 0.488 e. The molecular formula is C24H19O2+. The second-order valence-electron chi connectivity index (χ2n) is 6.02. The van der Waals surface area contributed by atoms with Gasteiger partial charge in [-0.1, -0.05) is 72.8 Å². The summed E-state index contributed by atoms with van der Waals surface area (Å²) in [5.41, 5.74) is 3.99. The molecule has 0 aliphatic carbocycles. The molecule has 0 atom stereocenters. The van der Waals surface area contributed by atoms with E-state index in [9.17, 15) is 0 Å². The zero-order chi connectivity index (χ0) is 17.8. The van der Waals surface area contributed by atoms with Gasteiger partial charge in [0.05, 0.1) is 18.1 Å². The lowest BCUT2D eigenvalue weighted by atomic mass is 10.0. The summed E-state index contributed by atoms with van der Waals surface area (Å²) < 4.78 is 12.0. The maximum absolute atomic E-state index is 6.28. The smallest absolute Gasteiger partial charge is 0.402 e. The fourth-order valence-electron chi connectivity index (χ4n) is 3.01. The van der Waals surface area contributed by atoms with Crippen molar-refractivity contribution in [2.75, 3.05) is 7.11 Å². The van der Waals surface area contributed by atoms with Crippen LogP contribution in [0.2, 0.25) is 0 Å². The van der Waals surface area contributed by atoms with Gasteiger partial charge in [0.2, 0.25) is 5.76 Å². The molecule has 1 heterocycles. The number of hydrogen-bond acceptors (Lipinski definition) is 1. The van der Waals surface area contributed by atoms with Crippen molar-refractivity contribution in [3.8, 4) is 11.1 Å². The van der Waals surface area contributed by atoms with E-state index in [1.54, 1.807) is 7.11 Å². The minimum atomic E-state index is 0.695. The Morgan fingerprint density at radius 2 is 1.46 bits per heavy atom. The van der Waals surface area contributed by atoms with Gasteiger partial charge in [-0.2, -0.15) is 0 Å². The Hall–Kier alpha value is -3.39. The zero-order valence-corrected chi connectivity index (χ0v) is 14.6. The quantitative estimate of drug-likeness (QED) is 0.311. The van der Waals surface area contributed by atoms with E-state index in [-0.39, 0.29) is 0 Å². The van der Waals surface area contributed by atoms with E-state index in [0.29, 0.717) is 5.76 Å². The van der Waals surface area contributed by atoms with Crippen molar-refractivity contribution in [2.24, 2.45) is 0 Å². The van der Waals surface area contributed by atoms with E-state index in [1.165, 1.54) is 0 Å². The first-order valence-electron chi connectivity index (χ1n) is 8.57. The zero-order valence-electron chi connectivity index (χ0n) is 14.6. The number of benzene rings is 3. The van der Waals surface area contributed by atoms with E-state index in [4.69, 9.17) is 9.15 Å². The van der Waals surface area contributed by atoms with Crippen molar-refractivity contribution >= 4 is 22.8 Å². The number of ether oxygens (including phenoxy) is 1. The Balaban J connectivity index is 1.96. The molecule has 0 radical (unpaired) electrons. The highest BCUT2D eigenvalue weighted by Gasteiger charge is 2.25. The summed E-state index contributed by atoms with van der Waals surface area (Å²) in [5.74, 6) is 1.42. The highest BCUT2D eigenvalue weighted by molar-refractivity contribution is 5.89. The molecule has 4 rings (SSSR count). The molecule has 4 aromatic rings. The van der Waals surface area contributed by atoms with Gasteiger partial charge in [0, 0.05) is 6.07 Å². The molecule has 0 bridgehead atoms. The van der Waals surface area contributed by atoms with Crippen molar-refractivity contribution in [1.29, 1.82) is 0 Å². The van der Waals surface area contributed by atoms with Gasteiger partial charge in [0.25, 0.3) is 0 Å². The van der Waals surface area contributed by atoms with Gasteiger partial charge < -0.3 is 4.74 Å². The van der Waals surface area contributed by atoms with Gasteiger partial charge in [-0.15, -0.1) is 0 Å². The first-order valence-corrected chi connectivity index (χ1v) is 8.57. The summed E-state index contributed by atoms with van der Waals surface area (Å²) in [6.07, 6.45) is 2.00. The topological polar surface area (TPSA) is 20.5 Å². The molecule has 0 amide bonds. The predicted octanol–water partition coefficient (Wildman–Crippen LogP) is 6.53. The molecule has 0 spiro atoms. The maximum atomic E-state index is 6.28. The third-order valence-electron chi connectivity index (χ3n) is 4.30. The average Bonchev–Trinajstić information content (AvgIpc) is 2.72. The molecule has 0 unspecified atom stereocenters. The van der Waals surface area contributed by atoms with E-state index < -0.39 is 0 Å². The van der Waals surface area contributed by atoms with Crippen molar-refractivity contribution < 1.29 is 9.15 Å². The van der Waals surface area contributed by atoms with Crippen LogP contribution in [0.3, 0.4) is 0 Å². The summed E-state index contributed by atoms with van der Waals surface area (Å²) in [5, 5.41) is 1.06. The van der Waals surface area contributed by atoms with Crippen LogP contribution in [-0.2, 0) is 4.74 Å². The second-order valence-corrected chi connectivity index (χ2v) is 6.02. The Bertz CT molecular complexity index is 1050. The second kappa shape index (κ2) is 7.24. The van der Waals surface area contributed by atoms with Crippen LogP contribution >= 0.6 is 0 Å². The van der Waals surface area contributed by atoms with Crippen molar-refractivity contribution in [1.82, 2.24) is 0 Å². The van der Waals surface area contributed by atoms with Crippen molar-refractivity contribution in [3.63, 3.8) is 0 Å². The lowest BCUT2D eigenvalue weighted by Gasteiger charge is -2.05. The van der Waals surface area contributed by atoms with Crippen LogP contribution in [0, 0.1) is 0 Å². The number of methoxy groups -OCH3 is 1. The molecule has 0 fully saturated rings. The van der Waals surface area contributed by atoms with Crippen LogP contribution in [0.4, 0.5) is 0 Å². The number of rotatable bonds is 4. The van der Waals surface area contributed by atoms with Gasteiger partial charge in [0.1, 0.15) is 0 Å². The molecule has 0 N–H and O–H groups in total. The summed E-state index contributed by atoms with van der Waals surface area (Å²) in [4.78, 5) is 0. The highest BCUT2D eigenvalue weighted by Crippen LogP contribution is 2.34. The normalized spacial score (nSPS) is 11.5. The number of fused-ring (bicyclic) bond motifs is 1. The molecule has 3 aromatic carbocycles. The summed E-state index contributed by atoms with van der Waals surface area (Å²) >= 11 is 0. The van der Waals surface area contributed by atoms with Crippen LogP contribution < -0.4 is 0 Å². The van der Waals surface area contributed by atoms with Gasteiger partial charge in [-0.05, 0) is 29.3 Å². The molecule has 0 saturated heterocycles. The summed E-state index contributed by atoms with van der Waals surface area (Å²) in [6, 6.07) is 30.5. The molecule has 0 aliphatic rings. The molecule has 2 heteroatoms. The molecule has 26 heavy (non-hydrogen) atoms. The highest BCUT2D eigenvalue weighted by atomic mass is 16.5. The third kappa shape index (κ3) is 3.22. The van der Waals surface area contributed by atoms with Gasteiger partial charge in [-0.3, -0.25) is 0 Å². The molecule has 0 saturated carbocycles. The maximum Gasteiger partial charge on any atom is 0.402 e. The number of para-hydroxylation sites is 1. The van der Waals surface area contributed by atoms with Crippen LogP contribution in [0.5, 0.6) is 0 Å². The minimum Gasteiger partial charge on any atom is -0.488 e. The first kappa shape index (κ1) is 16.1. The van der Waals surface area contributed by atoms with Gasteiger partial charge in [0.15, 0.2) is 0 Å². The van der Waals surface area contributed by atoms with Crippen molar-refractivity contribution in [3.05, 3.63) is 102 Å². The molecule has 1 aromatic heterocycles. The summed E-state index contributed by atoms with van der Waals surface area (Å²) in [7, 11) is 1.67. The Kier molecular flexibility index (Phi) is 4.48. The molecule has 0 aliphatic heterocycles. The summed E-state index contributed by atoms with van der Waals surface area (Å²) in [6.45, 7) is 0. The van der Waals surface area contributed by atoms with E-state index in [1.807, 2.05) is 72.8 Å². The molecule has 2 nitrogen and oxygen atoms in total. The fraction of sp³-hybridized carbons (Fsp3) is 0.0417. The molecular weight excluding hydrogens is 320 g/mol. The Morgan fingerprint density at radius 1 is 0.808 bits per heavy atom. The minimum absolute atomic E-state index is 0.695. The number of hydrogen-bond donors (Lipinski definition) is 0. The lowest BCUT2D eigenvalue weighted by molar-refractivity contribution is 0.357. The Morgan fingerprint density at radius 3 is 2.19 bits per heavy atom. The molecule has 126 valence electrons. The monoisotopic (exact) mass is 339 g/mol. The van der Waals surface area contributed by atoms with E-state index in [2.05, 4.69) is 24.3 Å². The Labute approximate surface area is 153 Å². The average molecular weight is 339 g/mol. The SMILES string of the molecule is COC(=Cc1ccccc1)c1[o+]c2ccccc2cc1-c1ccccc1. The third-order valence-corrected chi connectivity index (χ3v) is 4.30. The van der Waals surface area contributed by atoms with E-state index >= 15 is 0 Å². The van der Waals surface area contributed by atoms with Crippen LogP contribution in [0.15, 0.2) is 95.4 Å². The van der Waals surface area contributed by atoms with Gasteiger partial charge >= 0.3 is 11.3 Å². The van der Waals surface area contributed by atoms with Crippen LogP contribution in [0.25, 0.3) is 33.9 Å². The predicted molar refractivity (Wildman–Crippen MR) is 107 cm³/mol.